The normalized spacial score (nSPS) is 32.2. The number of hydrogen-bond donors (Lipinski definition) is 2. The van der Waals surface area contributed by atoms with Crippen molar-refractivity contribution in [2.75, 3.05) is 33.4 Å². The van der Waals surface area contributed by atoms with Crippen LogP contribution in [0.25, 0.3) is 0 Å². The summed E-state index contributed by atoms with van der Waals surface area (Å²) in [5, 5.41) is 13.8. The molecule has 0 radical (unpaired) electrons. The largest absolute Gasteiger partial charge is 0.394 e. The van der Waals surface area contributed by atoms with E-state index in [4.69, 9.17) is 4.74 Å². The standard InChI is InChI=1S/C15H28N2O2/c1-19-14-3-2-8-17(9-14)10-15(11-18,12-4-5-12)16-13-6-7-13/h12-14,16,18H,2-11H2,1H3. The van der Waals surface area contributed by atoms with Gasteiger partial charge in [0.1, 0.15) is 0 Å². The molecule has 0 spiro atoms. The van der Waals surface area contributed by atoms with E-state index in [0.29, 0.717) is 18.1 Å². The van der Waals surface area contributed by atoms with E-state index in [-0.39, 0.29) is 12.1 Å². The van der Waals surface area contributed by atoms with Crippen LogP contribution in [0, 0.1) is 5.92 Å². The molecular weight excluding hydrogens is 240 g/mol. The fourth-order valence-corrected chi connectivity index (χ4v) is 3.54. The highest BCUT2D eigenvalue weighted by Gasteiger charge is 2.48. The molecule has 2 atom stereocenters. The van der Waals surface area contributed by atoms with E-state index in [1.165, 1.54) is 38.5 Å². The Hall–Kier alpha value is -0.160. The van der Waals surface area contributed by atoms with Crippen LogP contribution in [0.3, 0.4) is 0 Å². The molecule has 2 aliphatic carbocycles. The molecule has 0 aromatic carbocycles. The summed E-state index contributed by atoms with van der Waals surface area (Å²) in [6.07, 6.45) is 7.91. The summed E-state index contributed by atoms with van der Waals surface area (Å²) in [5.74, 6) is 0.682. The number of ether oxygens (including phenoxy) is 1. The van der Waals surface area contributed by atoms with Crippen LogP contribution in [0.1, 0.15) is 38.5 Å². The minimum absolute atomic E-state index is 0.0448. The molecule has 1 heterocycles. The monoisotopic (exact) mass is 268 g/mol. The third-order valence-electron chi connectivity index (χ3n) is 5.01. The first-order valence-electron chi connectivity index (χ1n) is 7.89. The van der Waals surface area contributed by atoms with Crippen LogP contribution in [0.5, 0.6) is 0 Å². The lowest BCUT2D eigenvalue weighted by molar-refractivity contribution is 0.00817. The van der Waals surface area contributed by atoms with Crippen molar-refractivity contribution >= 4 is 0 Å². The molecule has 110 valence electrons. The smallest absolute Gasteiger partial charge is 0.0698 e. The molecule has 3 aliphatic rings. The van der Waals surface area contributed by atoms with Crippen LogP contribution in [0.15, 0.2) is 0 Å². The third-order valence-corrected chi connectivity index (χ3v) is 5.01. The second-order valence-electron chi connectivity index (χ2n) is 6.74. The molecule has 0 aromatic rings. The van der Waals surface area contributed by atoms with Gasteiger partial charge in [0.2, 0.25) is 0 Å². The number of aliphatic hydroxyl groups excluding tert-OH is 1. The average Bonchev–Trinajstić information content (AvgIpc) is 3.30. The predicted molar refractivity (Wildman–Crippen MR) is 75.2 cm³/mol. The molecule has 0 amide bonds. The van der Waals surface area contributed by atoms with Crippen LogP contribution in [-0.2, 0) is 4.74 Å². The van der Waals surface area contributed by atoms with E-state index in [9.17, 15) is 5.11 Å². The van der Waals surface area contributed by atoms with Crippen LogP contribution >= 0.6 is 0 Å². The van der Waals surface area contributed by atoms with Crippen LogP contribution in [0.4, 0.5) is 0 Å². The number of piperidine rings is 1. The fourth-order valence-electron chi connectivity index (χ4n) is 3.54. The SMILES string of the molecule is COC1CCCN(CC(CO)(NC2CC2)C2CC2)C1. The molecule has 3 fully saturated rings. The highest BCUT2D eigenvalue weighted by atomic mass is 16.5. The number of methoxy groups -OCH3 is 1. The Bertz CT molecular complexity index is 305. The lowest BCUT2D eigenvalue weighted by Gasteiger charge is -2.41. The quantitative estimate of drug-likeness (QED) is 0.723. The van der Waals surface area contributed by atoms with E-state index < -0.39 is 0 Å². The molecule has 2 unspecified atom stereocenters. The van der Waals surface area contributed by atoms with Crippen molar-refractivity contribution in [2.45, 2.75) is 56.2 Å². The topological polar surface area (TPSA) is 44.7 Å². The Labute approximate surface area is 116 Å². The average molecular weight is 268 g/mol. The van der Waals surface area contributed by atoms with Gasteiger partial charge in [0.05, 0.1) is 18.2 Å². The summed E-state index contributed by atoms with van der Waals surface area (Å²) in [5.41, 5.74) is -0.0448. The molecule has 1 aliphatic heterocycles. The minimum atomic E-state index is -0.0448. The number of nitrogens with one attached hydrogen (secondary N) is 1. The zero-order chi connectivity index (χ0) is 13.3. The maximum atomic E-state index is 10.00. The molecular formula is C15H28N2O2. The zero-order valence-electron chi connectivity index (χ0n) is 12.1. The molecule has 4 heteroatoms. The van der Waals surface area contributed by atoms with Crippen molar-refractivity contribution in [1.29, 1.82) is 0 Å². The van der Waals surface area contributed by atoms with Gasteiger partial charge in [-0.2, -0.15) is 0 Å². The number of rotatable bonds is 7. The van der Waals surface area contributed by atoms with Gasteiger partial charge in [-0.3, -0.25) is 4.90 Å². The maximum Gasteiger partial charge on any atom is 0.0698 e. The lowest BCUT2D eigenvalue weighted by atomic mass is 9.91. The molecule has 0 bridgehead atoms. The van der Waals surface area contributed by atoms with E-state index in [2.05, 4.69) is 10.2 Å². The Kier molecular flexibility index (Phi) is 4.13. The van der Waals surface area contributed by atoms with Crippen molar-refractivity contribution in [3.63, 3.8) is 0 Å². The second-order valence-corrected chi connectivity index (χ2v) is 6.74. The summed E-state index contributed by atoms with van der Waals surface area (Å²) >= 11 is 0. The Morgan fingerprint density at radius 1 is 1.26 bits per heavy atom. The van der Waals surface area contributed by atoms with Gasteiger partial charge >= 0.3 is 0 Å². The summed E-state index contributed by atoms with van der Waals surface area (Å²) in [6.45, 7) is 3.45. The van der Waals surface area contributed by atoms with E-state index in [1.54, 1.807) is 0 Å². The van der Waals surface area contributed by atoms with Gasteiger partial charge in [-0.05, 0) is 51.0 Å². The molecule has 19 heavy (non-hydrogen) atoms. The summed E-state index contributed by atoms with van der Waals surface area (Å²) in [6, 6.07) is 0.663. The Morgan fingerprint density at radius 2 is 2.05 bits per heavy atom. The van der Waals surface area contributed by atoms with E-state index in [0.717, 1.165) is 19.6 Å². The number of nitrogens with zero attached hydrogens (tertiary/aromatic N) is 1. The first kappa shape index (κ1) is 13.8. The Morgan fingerprint density at radius 3 is 2.63 bits per heavy atom. The number of aliphatic hydroxyl groups is 1. The molecule has 2 N–H and O–H groups in total. The summed E-state index contributed by atoms with van der Waals surface area (Å²) < 4.78 is 5.51. The molecule has 2 saturated carbocycles. The van der Waals surface area contributed by atoms with Gasteiger partial charge < -0.3 is 15.2 Å². The van der Waals surface area contributed by atoms with Crippen molar-refractivity contribution < 1.29 is 9.84 Å². The van der Waals surface area contributed by atoms with Crippen molar-refractivity contribution in [3.05, 3.63) is 0 Å². The molecule has 3 rings (SSSR count). The van der Waals surface area contributed by atoms with Gasteiger partial charge in [0.25, 0.3) is 0 Å². The number of likely N-dealkylation sites (tertiary alicyclic amines) is 1. The summed E-state index contributed by atoms with van der Waals surface area (Å²) in [4.78, 5) is 2.50. The predicted octanol–water partition coefficient (Wildman–Crippen LogP) is 0.990. The van der Waals surface area contributed by atoms with Gasteiger partial charge in [0, 0.05) is 26.2 Å². The summed E-state index contributed by atoms with van der Waals surface area (Å²) in [7, 11) is 1.82. The fraction of sp³-hybridized carbons (Fsp3) is 1.00. The molecule has 4 nitrogen and oxygen atoms in total. The van der Waals surface area contributed by atoms with E-state index in [1.807, 2.05) is 7.11 Å². The second kappa shape index (κ2) is 5.68. The number of hydrogen-bond acceptors (Lipinski definition) is 4. The van der Waals surface area contributed by atoms with Crippen LogP contribution in [-0.4, -0.2) is 61.0 Å². The molecule has 1 saturated heterocycles. The first-order valence-corrected chi connectivity index (χ1v) is 7.89. The van der Waals surface area contributed by atoms with Gasteiger partial charge in [0.15, 0.2) is 0 Å². The van der Waals surface area contributed by atoms with Gasteiger partial charge in [-0.25, -0.2) is 0 Å². The minimum Gasteiger partial charge on any atom is -0.394 e. The third kappa shape index (κ3) is 3.30. The highest BCUT2D eigenvalue weighted by Crippen LogP contribution is 2.42. The Balaban J connectivity index is 1.62. The highest BCUT2D eigenvalue weighted by molar-refractivity contribution is 5.06. The van der Waals surface area contributed by atoms with E-state index >= 15 is 0 Å². The molecule has 0 aromatic heterocycles. The van der Waals surface area contributed by atoms with Crippen LogP contribution in [0.2, 0.25) is 0 Å². The van der Waals surface area contributed by atoms with Crippen molar-refractivity contribution in [1.82, 2.24) is 10.2 Å². The first-order chi connectivity index (χ1) is 9.25. The van der Waals surface area contributed by atoms with Crippen LogP contribution < -0.4 is 5.32 Å². The van der Waals surface area contributed by atoms with Gasteiger partial charge in [-0.1, -0.05) is 0 Å². The zero-order valence-corrected chi connectivity index (χ0v) is 12.1. The van der Waals surface area contributed by atoms with Gasteiger partial charge in [-0.15, -0.1) is 0 Å². The van der Waals surface area contributed by atoms with Crippen molar-refractivity contribution in [3.8, 4) is 0 Å². The lowest BCUT2D eigenvalue weighted by Crippen LogP contribution is -2.60. The van der Waals surface area contributed by atoms with Crippen molar-refractivity contribution in [2.24, 2.45) is 5.92 Å². The maximum absolute atomic E-state index is 10.00.